The lowest BCUT2D eigenvalue weighted by molar-refractivity contribution is -0.140. The second-order valence-electron chi connectivity index (χ2n) is 7.52. The van der Waals surface area contributed by atoms with Crippen molar-refractivity contribution in [2.24, 2.45) is 0 Å². The van der Waals surface area contributed by atoms with Gasteiger partial charge in [0.25, 0.3) is 11.7 Å². The summed E-state index contributed by atoms with van der Waals surface area (Å²) in [6.45, 7) is 0.137. The van der Waals surface area contributed by atoms with Crippen molar-refractivity contribution in [3.8, 4) is 11.5 Å². The van der Waals surface area contributed by atoms with E-state index in [1.165, 1.54) is 31.3 Å². The number of rotatable bonds is 6. The number of benzene rings is 2. The molecule has 1 aliphatic heterocycles. The molecular weight excluding hydrogens is 479 g/mol. The summed E-state index contributed by atoms with van der Waals surface area (Å²) in [5.74, 6) is -1.40. The van der Waals surface area contributed by atoms with Crippen LogP contribution in [0.1, 0.15) is 22.7 Å². The number of aliphatic hydroxyl groups excluding tert-OH is 1. The Labute approximate surface area is 206 Å². The molecule has 3 aromatic rings. The third kappa shape index (κ3) is 4.32. The van der Waals surface area contributed by atoms with Gasteiger partial charge in [-0.05, 0) is 41.5 Å². The Kier molecular flexibility index (Phi) is 6.77. The smallest absolute Gasteiger partial charge is 0.295 e. The van der Waals surface area contributed by atoms with Gasteiger partial charge in [0.05, 0.1) is 36.4 Å². The number of aromatic nitrogens is 1. The Morgan fingerprint density at radius 2 is 1.65 bits per heavy atom. The van der Waals surface area contributed by atoms with Crippen molar-refractivity contribution in [2.75, 3.05) is 14.2 Å². The normalized spacial score (nSPS) is 17.2. The molecule has 0 aliphatic carbocycles. The lowest BCUT2D eigenvalue weighted by Gasteiger charge is -2.25. The van der Waals surface area contributed by atoms with Gasteiger partial charge in [-0.3, -0.25) is 14.6 Å². The molecule has 34 heavy (non-hydrogen) atoms. The second kappa shape index (κ2) is 9.75. The number of Topliss-reactive ketones (excluding diaryl/α,β-unsaturated/α-hetero) is 1. The first-order chi connectivity index (χ1) is 16.3. The van der Waals surface area contributed by atoms with Crippen LogP contribution in [-0.2, 0) is 16.1 Å². The number of nitrogens with zero attached hydrogens (tertiary/aromatic N) is 2. The van der Waals surface area contributed by atoms with E-state index in [9.17, 15) is 14.7 Å². The van der Waals surface area contributed by atoms with E-state index < -0.39 is 23.5 Å². The quantitative estimate of drug-likeness (QED) is 0.291. The highest BCUT2D eigenvalue weighted by molar-refractivity contribution is 6.46. The molecule has 174 valence electrons. The van der Waals surface area contributed by atoms with Crippen LogP contribution in [0.5, 0.6) is 11.5 Å². The van der Waals surface area contributed by atoms with E-state index in [1.807, 2.05) is 0 Å². The summed E-state index contributed by atoms with van der Waals surface area (Å²) in [6, 6.07) is 12.3. The zero-order valence-electron chi connectivity index (χ0n) is 18.3. The van der Waals surface area contributed by atoms with E-state index in [0.717, 1.165) is 5.56 Å². The third-order valence-electron chi connectivity index (χ3n) is 5.56. The van der Waals surface area contributed by atoms with Crippen molar-refractivity contribution in [3.63, 3.8) is 0 Å². The van der Waals surface area contributed by atoms with Crippen LogP contribution in [0, 0.1) is 0 Å². The van der Waals surface area contributed by atoms with Crippen LogP contribution in [0.2, 0.25) is 10.0 Å². The molecule has 0 bridgehead atoms. The summed E-state index contributed by atoms with van der Waals surface area (Å²) in [4.78, 5) is 31.8. The van der Waals surface area contributed by atoms with Crippen molar-refractivity contribution >= 4 is 40.7 Å². The number of methoxy groups -OCH3 is 2. The number of amides is 1. The Bertz CT molecular complexity index is 1280. The molecule has 1 atom stereocenters. The number of pyridine rings is 1. The molecule has 0 spiro atoms. The van der Waals surface area contributed by atoms with Gasteiger partial charge in [-0.25, -0.2) is 0 Å². The van der Waals surface area contributed by atoms with Gasteiger partial charge in [-0.1, -0.05) is 35.3 Å². The zero-order chi connectivity index (χ0) is 24.4. The highest BCUT2D eigenvalue weighted by atomic mass is 35.5. The first-order valence-corrected chi connectivity index (χ1v) is 11.0. The molecule has 1 N–H and O–H groups in total. The Balaban J connectivity index is 1.91. The Hall–Kier alpha value is -3.55. The first-order valence-electron chi connectivity index (χ1n) is 10.2. The topological polar surface area (TPSA) is 89.0 Å². The standard InChI is InChI=1S/C25H20Cl2N2O5/c1-33-19-12-20(34-2)18(27)11-17(19)23(30)21-22(15-3-5-16(26)6-4-15)29(25(32)24(21)31)13-14-7-9-28-10-8-14/h3-12,22,30H,13H2,1-2H3/b23-21+. The maximum atomic E-state index is 13.2. The lowest BCUT2D eigenvalue weighted by atomic mass is 9.95. The van der Waals surface area contributed by atoms with E-state index in [0.29, 0.717) is 16.3 Å². The number of aliphatic hydroxyl groups is 1. The predicted molar refractivity (Wildman–Crippen MR) is 128 cm³/mol. The SMILES string of the molecule is COc1cc(OC)c(/C(O)=C2\C(=O)C(=O)N(Cc3ccncc3)C2c2ccc(Cl)cc2)cc1Cl. The van der Waals surface area contributed by atoms with Gasteiger partial charge in [0.15, 0.2) is 0 Å². The molecule has 9 heteroatoms. The van der Waals surface area contributed by atoms with Gasteiger partial charge in [0.2, 0.25) is 0 Å². The van der Waals surface area contributed by atoms with Crippen molar-refractivity contribution < 1.29 is 24.2 Å². The predicted octanol–water partition coefficient (Wildman–Crippen LogP) is 5.03. The largest absolute Gasteiger partial charge is 0.507 e. The fraction of sp³-hybridized carbons (Fsp3) is 0.160. The third-order valence-corrected chi connectivity index (χ3v) is 6.10. The summed E-state index contributed by atoms with van der Waals surface area (Å²) in [5.41, 5.74) is 1.47. The van der Waals surface area contributed by atoms with Crippen LogP contribution in [0.3, 0.4) is 0 Å². The maximum Gasteiger partial charge on any atom is 0.295 e. The minimum Gasteiger partial charge on any atom is -0.507 e. The molecule has 1 amide bonds. The fourth-order valence-corrected chi connectivity index (χ4v) is 4.28. The van der Waals surface area contributed by atoms with Crippen molar-refractivity contribution in [3.05, 3.63) is 93.2 Å². The van der Waals surface area contributed by atoms with Gasteiger partial charge in [-0.2, -0.15) is 0 Å². The minimum atomic E-state index is -0.865. The van der Waals surface area contributed by atoms with E-state index in [2.05, 4.69) is 4.98 Å². The maximum absolute atomic E-state index is 13.2. The number of carbonyl (C=O) groups excluding carboxylic acids is 2. The van der Waals surface area contributed by atoms with Crippen molar-refractivity contribution in [1.29, 1.82) is 0 Å². The molecule has 1 aromatic heterocycles. The molecule has 2 heterocycles. The molecule has 1 aliphatic rings. The average Bonchev–Trinajstić information content (AvgIpc) is 3.09. The summed E-state index contributed by atoms with van der Waals surface area (Å²) in [6.07, 6.45) is 3.21. The van der Waals surface area contributed by atoms with Gasteiger partial charge >= 0.3 is 0 Å². The van der Waals surface area contributed by atoms with Crippen LogP contribution in [-0.4, -0.2) is 40.9 Å². The number of likely N-dealkylation sites (tertiary alicyclic amines) is 1. The van der Waals surface area contributed by atoms with E-state index in [4.69, 9.17) is 32.7 Å². The zero-order valence-corrected chi connectivity index (χ0v) is 19.8. The van der Waals surface area contributed by atoms with Crippen LogP contribution in [0.15, 0.2) is 66.5 Å². The number of ether oxygens (including phenoxy) is 2. The Morgan fingerprint density at radius 3 is 2.26 bits per heavy atom. The second-order valence-corrected chi connectivity index (χ2v) is 8.36. The number of hydrogen-bond donors (Lipinski definition) is 1. The van der Waals surface area contributed by atoms with Gasteiger partial charge in [0.1, 0.15) is 17.3 Å². The number of carbonyl (C=O) groups is 2. The molecule has 1 fully saturated rings. The van der Waals surface area contributed by atoms with Crippen LogP contribution < -0.4 is 9.47 Å². The lowest BCUT2D eigenvalue weighted by Crippen LogP contribution is -2.29. The number of hydrogen-bond acceptors (Lipinski definition) is 6. The van der Waals surface area contributed by atoms with E-state index >= 15 is 0 Å². The number of ketones is 1. The van der Waals surface area contributed by atoms with Crippen LogP contribution >= 0.6 is 23.2 Å². The number of halogens is 2. The van der Waals surface area contributed by atoms with Gasteiger partial charge in [0, 0.05) is 30.0 Å². The molecule has 7 nitrogen and oxygen atoms in total. The highest BCUT2D eigenvalue weighted by Gasteiger charge is 2.46. The van der Waals surface area contributed by atoms with Gasteiger partial charge < -0.3 is 19.5 Å². The molecule has 2 aromatic carbocycles. The first kappa shape index (κ1) is 23.6. The molecule has 1 saturated heterocycles. The van der Waals surface area contributed by atoms with Crippen LogP contribution in [0.4, 0.5) is 0 Å². The molecule has 1 unspecified atom stereocenters. The van der Waals surface area contributed by atoms with Crippen molar-refractivity contribution in [1.82, 2.24) is 9.88 Å². The fourth-order valence-electron chi connectivity index (χ4n) is 3.91. The van der Waals surface area contributed by atoms with E-state index in [-0.39, 0.29) is 28.5 Å². The summed E-state index contributed by atoms with van der Waals surface area (Å²) in [7, 11) is 2.86. The van der Waals surface area contributed by atoms with Crippen LogP contribution in [0.25, 0.3) is 5.76 Å². The monoisotopic (exact) mass is 498 g/mol. The van der Waals surface area contributed by atoms with Gasteiger partial charge in [-0.15, -0.1) is 0 Å². The highest BCUT2D eigenvalue weighted by Crippen LogP contribution is 2.43. The molecule has 0 saturated carbocycles. The van der Waals surface area contributed by atoms with Crippen molar-refractivity contribution in [2.45, 2.75) is 12.6 Å². The Morgan fingerprint density at radius 1 is 1.00 bits per heavy atom. The molecule has 0 radical (unpaired) electrons. The van der Waals surface area contributed by atoms with E-state index in [1.54, 1.807) is 48.8 Å². The average molecular weight is 499 g/mol. The summed E-state index contributed by atoms with van der Waals surface area (Å²) >= 11 is 12.3. The molecular formula is C25H20Cl2N2O5. The summed E-state index contributed by atoms with van der Waals surface area (Å²) in [5, 5.41) is 12.0. The summed E-state index contributed by atoms with van der Waals surface area (Å²) < 4.78 is 10.6. The molecule has 4 rings (SSSR count). The minimum absolute atomic E-state index is 0.0825.